The van der Waals surface area contributed by atoms with Crippen molar-refractivity contribution in [1.29, 1.82) is 0 Å². The maximum Gasteiger partial charge on any atom is 0.487 e. The molecule has 3 heterocycles. The lowest BCUT2D eigenvalue weighted by atomic mass is 10.3. The molecule has 0 atom stereocenters. The maximum absolute atomic E-state index is 10.4. The number of aromatic nitrogens is 3. The Morgan fingerprint density at radius 3 is 1.18 bits per heavy atom. The molecule has 3 aromatic carbocycles. The first-order valence-electron chi connectivity index (χ1n) is 18.9. The smallest absolute Gasteiger partial charge is 0.320 e. The summed E-state index contributed by atoms with van der Waals surface area (Å²) >= 11 is 3.20. The quantitative estimate of drug-likeness (QED) is 0.0443. The van der Waals surface area contributed by atoms with E-state index in [0.29, 0.717) is 0 Å². The molecule has 0 saturated carbocycles. The molecule has 0 aliphatic carbocycles. The van der Waals surface area contributed by atoms with Crippen molar-refractivity contribution < 1.29 is 27.8 Å². The topological polar surface area (TPSA) is 47.4 Å². The molecule has 354 valence electrons. The Morgan fingerprint density at radius 1 is 0.627 bits per heavy atom. The Morgan fingerprint density at radius 2 is 0.970 bits per heavy atom. The second-order valence-electron chi connectivity index (χ2n) is 12.7. The van der Waals surface area contributed by atoms with E-state index in [1.54, 1.807) is 18.6 Å². The zero-order valence-electron chi connectivity index (χ0n) is 37.6. The highest BCUT2D eigenvalue weighted by Gasteiger charge is 2.58. The molecule has 0 radical (unpaired) electrons. The van der Waals surface area contributed by atoms with Crippen LogP contribution < -0.4 is 15.9 Å². The van der Waals surface area contributed by atoms with E-state index in [2.05, 4.69) is 201 Å². The number of benzene rings is 3. The van der Waals surface area contributed by atoms with Gasteiger partial charge in [-0.15, -0.1) is 32.8 Å². The van der Waals surface area contributed by atoms with Crippen molar-refractivity contribution in [3.05, 3.63) is 216 Å². The summed E-state index contributed by atoms with van der Waals surface area (Å²) in [4.78, 5) is 17.3. The van der Waals surface area contributed by atoms with E-state index in [4.69, 9.17) is 19.6 Å². The van der Waals surface area contributed by atoms with Crippen LogP contribution >= 0.6 is 30.7 Å². The fourth-order valence-corrected chi connectivity index (χ4v) is 6.21. The lowest BCUT2D eigenvalue weighted by Gasteiger charge is -2.18. The summed E-state index contributed by atoms with van der Waals surface area (Å²) in [6.45, 7) is 27.9. The number of alkyl halides is 6. The van der Waals surface area contributed by atoms with E-state index in [0.717, 1.165) is 16.0 Å². The van der Waals surface area contributed by atoms with Gasteiger partial charge in [0.2, 0.25) is 7.05 Å². The van der Waals surface area contributed by atoms with Crippen LogP contribution in [0.15, 0.2) is 182 Å². The van der Waals surface area contributed by atoms with Gasteiger partial charge in [0, 0.05) is 31.4 Å². The van der Waals surface area contributed by atoms with Crippen molar-refractivity contribution in [2.75, 3.05) is 27.0 Å². The Hall–Kier alpha value is -6.70. The fraction of sp³-hybridized carbons (Fsp3) is 0.170. The lowest BCUT2D eigenvalue weighted by molar-refractivity contribution is -0.339. The SMILES string of the molecule is Brc1ccccn1.C.C=C.C=P(C)(C)C.Cc1cccc(C)n1.FC(F)(F)C(F)(F)F.[C-]#[N+]C.[C-]#[N+]C#CC#CC#C.[HH].c1ccc(P(c2ccccc2)c2ccccc2)cc1.c1ccncc1. The minimum Gasteiger partial charge on any atom is -0.320 e. The summed E-state index contributed by atoms with van der Waals surface area (Å²) in [5, 5.41) is 4.19. The summed E-state index contributed by atoms with van der Waals surface area (Å²) in [6, 6.07) is 51.8. The van der Waals surface area contributed by atoms with Crippen molar-refractivity contribution in [3.63, 3.8) is 0 Å². The average Bonchev–Trinajstić information content (AvgIpc) is 3.28. The minimum atomic E-state index is -6.06. The van der Waals surface area contributed by atoms with Gasteiger partial charge in [-0.3, -0.25) is 9.97 Å². The maximum atomic E-state index is 10.4. The fourth-order valence-electron chi connectivity index (χ4n) is 3.64. The first kappa shape index (κ1) is 66.9. The highest BCUT2D eigenvalue weighted by atomic mass is 79.9. The van der Waals surface area contributed by atoms with Crippen molar-refractivity contribution in [1.82, 2.24) is 15.0 Å². The van der Waals surface area contributed by atoms with Crippen molar-refractivity contribution >= 4 is 53.0 Å². The number of aryl methyl sites for hydroxylation is 2. The molecule has 5 nitrogen and oxygen atoms in total. The summed E-state index contributed by atoms with van der Waals surface area (Å²) in [5.74, 6) is 8.81. The minimum absolute atomic E-state index is 0. The van der Waals surface area contributed by atoms with E-state index in [1.807, 2.05) is 68.4 Å². The predicted octanol–water partition coefficient (Wildman–Crippen LogP) is 14.2. The molecule has 0 spiro atoms. The summed E-state index contributed by atoms with van der Waals surface area (Å²) < 4.78 is 63.5. The van der Waals surface area contributed by atoms with Gasteiger partial charge in [-0.25, -0.2) is 11.6 Å². The van der Waals surface area contributed by atoms with Gasteiger partial charge in [0.25, 0.3) is 0 Å². The van der Waals surface area contributed by atoms with Gasteiger partial charge in [-0.1, -0.05) is 117 Å². The number of nitrogens with zero attached hydrogens (tertiary/aromatic N) is 5. The molecule has 0 aliphatic rings. The van der Waals surface area contributed by atoms with Crippen LogP contribution in [0.5, 0.6) is 0 Å². The molecule has 6 rings (SSSR count). The molecule has 0 N–H and O–H groups in total. The predicted molar refractivity (Wildman–Crippen MR) is 283 cm³/mol. The number of halogens is 7. The number of hydrogen-bond acceptors (Lipinski definition) is 3. The summed E-state index contributed by atoms with van der Waals surface area (Å²) in [5.41, 5.74) is 2.18. The highest BCUT2D eigenvalue weighted by molar-refractivity contribution is 9.10. The molecule has 3 aromatic heterocycles. The Bertz CT molecular complexity index is 2250. The molecule has 0 bridgehead atoms. The largest absolute Gasteiger partial charge is 0.487 e. The molecular weight excluding hydrogens is 962 g/mol. The second-order valence-corrected chi connectivity index (χ2v) is 20.3. The summed E-state index contributed by atoms with van der Waals surface area (Å²) in [7, 11) is 0.971. The third-order valence-electron chi connectivity index (χ3n) is 5.90. The van der Waals surface area contributed by atoms with Crippen LogP contribution in [0.2, 0.25) is 0 Å². The van der Waals surface area contributed by atoms with Gasteiger partial charge in [-0.05, 0) is 134 Å². The van der Waals surface area contributed by atoms with E-state index < -0.39 is 27.2 Å². The van der Waals surface area contributed by atoms with Gasteiger partial charge < -0.3 is 4.85 Å². The molecule has 0 amide bonds. The lowest BCUT2D eigenvalue weighted by Crippen LogP contribution is -2.30. The van der Waals surface area contributed by atoms with Gasteiger partial charge in [-0.2, -0.15) is 31.2 Å². The molecule has 6 aromatic rings. The van der Waals surface area contributed by atoms with Crippen molar-refractivity contribution in [2.24, 2.45) is 0 Å². The van der Waals surface area contributed by atoms with E-state index in [1.165, 1.54) is 23.0 Å². The van der Waals surface area contributed by atoms with Gasteiger partial charge in [0.15, 0.2) is 0 Å². The van der Waals surface area contributed by atoms with E-state index in [9.17, 15) is 26.3 Å². The Kier molecular flexibility index (Phi) is 41.9. The molecule has 0 saturated heterocycles. The van der Waals surface area contributed by atoms with Crippen LogP contribution in [-0.4, -0.2) is 60.6 Å². The molecule has 0 fully saturated rings. The first-order valence-corrected chi connectivity index (χ1v) is 24.3. The third-order valence-corrected chi connectivity index (χ3v) is 8.81. The Labute approximate surface area is 406 Å². The normalized spacial score (nSPS) is 8.88. The number of rotatable bonds is 3. The van der Waals surface area contributed by atoms with Gasteiger partial charge >= 0.3 is 12.4 Å². The van der Waals surface area contributed by atoms with Gasteiger partial charge in [0.05, 0.1) is 0 Å². The van der Waals surface area contributed by atoms with Crippen LogP contribution in [0.1, 0.15) is 20.2 Å². The molecule has 67 heavy (non-hydrogen) atoms. The van der Waals surface area contributed by atoms with Crippen LogP contribution in [0.4, 0.5) is 26.3 Å². The summed E-state index contributed by atoms with van der Waals surface area (Å²) in [6.07, 6.45) is 1.74. The van der Waals surface area contributed by atoms with E-state index >= 15 is 0 Å². The average molecular weight is 1020 g/mol. The highest BCUT2D eigenvalue weighted by Crippen LogP contribution is 2.36. The van der Waals surface area contributed by atoms with Crippen molar-refractivity contribution in [3.8, 4) is 36.1 Å². The standard InChI is InChI=1S/C18H15P.C7H9N.C7HN.C5H4BrN.C5H5N.C4H11P.C2F6.C2H3N.C2H4.CH4.H2/c1-4-10-16(11-5-1)19(17-12-6-2-7-13-17)18-14-8-3-9-15-18;1-6-4-3-5-7(2)8-6;1-3-4-5-6-7-8-2;6-5-3-1-2-4-7-5;1-2-4-6-5-3-1;1-5(2,3)4;3-1(4,5)2(6,7)8;1-3-2;1-2;;/h1-15H;3-5H,1-2H3;1H;1-4H;1-5H;1H2,2-4H3;;1H3;1-2H2;1H4;1H. The van der Waals surface area contributed by atoms with Gasteiger partial charge in [0.1, 0.15) is 17.2 Å². The monoisotopic (exact) mass is 1020 g/mol. The number of pyridine rings is 3. The molecule has 0 unspecified atom stereocenters. The zero-order valence-corrected chi connectivity index (χ0v) is 40.9. The van der Waals surface area contributed by atoms with Crippen molar-refractivity contribution in [2.45, 2.75) is 33.6 Å². The number of hydrogen-bond donors (Lipinski definition) is 0. The first-order chi connectivity index (χ1) is 31.2. The van der Waals surface area contributed by atoms with E-state index in [-0.39, 0.29) is 8.85 Å². The van der Waals surface area contributed by atoms with Crippen LogP contribution in [0.3, 0.4) is 0 Å². The molecule has 0 aliphatic heterocycles. The number of terminal acetylenes is 1. The Balaban J connectivity index is -0.000000234. The van der Waals surface area contributed by atoms with Crippen LogP contribution in [-0.2, 0) is 0 Å². The molecule has 14 heteroatoms. The zero-order chi connectivity index (χ0) is 50.7. The van der Waals surface area contributed by atoms with Crippen LogP contribution in [0, 0.1) is 63.1 Å². The van der Waals surface area contributed by atoms with Crippen LogP contribution in [0.25, 0.3) is 9.69 Å². The third kappa shape index (κ3) is 43.0. The molecular formula is C53H58BrF6N5P2. The second kappa shape index (κ2) is 42.0.